The van der Waals surface area contributed by atoms with E-state index in [-0.39, 0.29) is 0 Å². The van der Waals surface area contributed by atoms with E-state index in [0.29, 0.717) is 0 Å². The molecule has 2 aromatic rings. The van der Waals surface area contributed by atoms with Crippen molar-refractivity contribution in [2.45, 2.75) is 46.6 Å². The van der Waals surface area contributed by atoms with Gasteiger partial charge >= 0.3 is 0 Å². The molecule has 1 aromatic carbocycles. The van der Waals surface area contributed by atoms with E-state index >= 15 is 0 Å². The predicted molar refractivity (Wildman–Crippen MR) is 114 cm³/mol. The van der Waals surface area contributed by atoms with Crippen LogP contribution < -0.4 is 5.48 Å². The van der Waals surface area contributed by atoms with E-state index in [0.717, 1.165) is 67.9 Å². The van der Waals surface area contributed by atoms with E-state index in [1.54, 1.807) is 11.6 Å². The van der Waals surface area contributed by atoms with Crippen molar-refractivity contribution in [3.05, 3.63) is 47.8 Å². The van der Waals surface area contributed by atoms with Crippen molar-refractivity contribution in [3.63, 3.8) is 0 Å². The standard InChI is InChI=1S/C22H32N4O2/c1-4-7-8-9-10-21-23-19-17-18(12-14-22(27)24-28)11-13-20(19)26(21)16-15-25(5-2)6-3/h7-8,11-14,17,28H,4-6,9-10,15-16H2,1-3H3,(H,24,27)/b8-7?,14-12+. The van der Waals surface area contributed by atoms with Crippen LogP contribution in [0.2, 0.25) is 0 Å². The predicted octanol–water partition coefficient (Wildman–Crippen LogP) is 3.80. The first-order chi connectivity index (χ1) is 13.6. The summed E-state index contributed by atoms with van der Waals surface area (Å²) in [5, 5.41) is 8.61. The molecule has 0 spiro atoms. The van der Waals surface area contributed by atoms with Gasteiger partial charge in [0.25, 0.3) is 5.91 Å². The van der Waals surface area contributed by atoms with E-state index < -0.39 is 5.91 Å². The maximum absolute atomic E-state index is 11.2. The number of hydrogen-bond acceptors (Lipinski definition) is 4. The number of amides is 1. The molecule has 1 heterocycles. The second kappa shape index (κ2) is 11.4. The number of benzene rings is 1. The molecule has 0 radical (unpaired) electrons. The number of hydroxylamine groups is 1. The Bertz CT molecular complexity index is 819. The number of nitrogens with one attached hydrogen (secondary N) is 1. The molecular formula is C22H32N4O2. The van der Waals surface area contributed by atoms with Crippen molar-refractivity contribution >= 4 is 23.0 Å². The zero-order valence-electron chi connectivity index (χ0n) is 17.2. The number of rotatable bonds is 11. The molecular weight excluding hydrogens is 352 g/mol. The van der Waals surface area contributed by atoms with E-state index in [4.69, 9.17) is 10.2 Å². The van der Waals surface area contributed by atoms with Gasteiger partial charge in [-0.3, -0.25) is 10.0 Å². The van der Waals surface area contributed by atoms with Gasteiger partial charge in [-0.15, -0.1) is 0 Å². The molecule has 152 valence electrons. The lowest BCUT2D eigenvalue weighted by Crippen LogP contribution is -2.27. The molecule has 0 bridgehead atoms. The first kappa shape index (κ1) is 21.9. The number of aryl methyl sites for hydroxylation is 1. The van der Waals surface area contributed by atoms with Gasteiger partial charge in [-0.1, -0.05) is 39.0 Å². The summed E-state index contributed by atoms with van der Waals surface area (Å²) in [7, 11) is 0. The number of carbonyl (C=O) groups excluding carboxylic acids is 1. The molecule has 1 amide bonds. The number of hydrogen-bond donors (Lipinski definition) is 2. The highest BCUT2D eigenvalue weighted by atomic mass is 16.5. The highest BCUT2D eigenvalue weighted by molar-refractivity contribution is 5.91. The Morgan fingerprint density at radius 1 is 1.25 bits per heavy atom. The number of allylic oxidation sites excluding steroid dienone is 2. The zero-order chi connectivity index (χ0) is 20.4. The fraction of sp³-hybridized carbons (Fsp3) is 0.455. The molecule has 6 heteroatoms. The molecule has 0 atom stereocenters. The number of aromatic nitrogens is 2. The molecule has 0 aliphatic heterocycles. The van der Waals surface area contributed by atoms with Crippen molar-refractivity contribution < 1.29 is 10.0 Å². The molecule has 0 saturated heterocycles. The maximum Gasteiger partial charge on any atom is 0.267 e. The van der Waals surface area contributed by atoms with Crippen molar-refractivity contribution in [3.8, 4) is 0 Å². The number of nitrogens with zero attached hydrogens (tertiary/aromatic N) is 3. The molecule has 0 aliphatic rings. The van der Waals surface area contributed by atoms with Crippen LogP contribution in [0, 0.1) is 0 Å². The van der Waals surface area contributed by atoms with Crippen molar-refractivity contribution in [2.24, 2.45) is 0 Å². The summed E-state index contributed by atoms with van der Waals surface area (Å²) in [5.74, 6) is 0.547. The summed E-state index contributed by atoms with van der Waals surface area (Å²) in [6.45, 7) is 10.5. The molecule has 0 aliphatic carbocycles. The van der Waals surface area contributed by atoms with Crippen LogP contribution in [0.15, 0.2) is 36.4 Å². The van der Waals surface area contributed by atoms with Gasteiger partial charge in [0.1, 0.15) is 5.82 Å². The third-order valence-corrected chi connectivity index (χ3v) is 4.86. The molecule has 2 N–H and O–H groups in total. The van der Waals surface area contributed by atoms with Gasteiger partial charge in [-0.25, -0.2) is 10.5 Å². The monoisotopic (exact) mass is 384 g/mol. The normalized spacial score (nSPS) is 12.0. The van der Waals surface area contributed by atoms with Crippen LogP contribution in [0.1, 0.15) is 45.0 Å². The summed E-state index contributed by atoms with van der Waals surface area (Å²) in [6.07, 6.45) is 10.3. The number of carbonyl (C=O) groups is 1. The highest BCUT2D eigenvalue weighted by Gasteiger charge is 2.11. The lowest BCUT2D eigenvalue weighted by atomic mass is 10.2. The fourth-order valence-corrected chi connectivity index (χ4v) is 3.23. The van der Waals surface area contributed by atoms with Gasteiger partial charge in [0.15, 0.2) is 0 Å². The lowest BCUT2D eigenvalue weighted by Gasteiger charge is -2.19. The Balaban J connectivity index is 2.30. The van der Waals surface area contributed by atoms with Crippen LogP contribution in [0.5, 0.6) is 0 Å². The molecule has 0 saturated carbocycles. The quantitative estimate of drug-likeness (QED) is 0.268. The topological polar surface area (TPSA) is 70.4 Å². The number of fused-ring (bicyclic) bond motifs is 1. The van der Waals surface area contributed by atoms with Crippen LogP contribution in [0.3, 0.4) is 0 Å². The van der Waals surface area contributed by atoms with E-state index in [2.05, 4.69) is 48.5 Å². The third kappa shape index (κ3) is 6.04. The van der Waals surface area contributed by atoms with Crippen LogP contribution in [-0.4, -0.2) is 45.2 Å². The Morgan fingerprint density at radius 3 is 2.71 bits per heavy atom. The summed E-state index contributed by atoms with van der Waals surface area (Å²) in [5.41, 5.74) is 4.52. The van der Waals surface area contributed by atoms with Crippen LogP contribution in [0.25, 0.3) is 17.1 Å². The molecule has 2 rings (SSSR count). The lowest BCUT2D eigenvalue weighted by molar-refractivity contribution is -0.124. The Labute approximate surface area is 167 Å². The van der Waals surface area contributed by atoms with Gasteiger partial charge in [0.05, 0.1) is 11.0 Å². The minimum absolute atomic E-state index is 0.548. The van der Waals surface area contributed by atoms with Crippen molar-refractivity contribution in [2.75, 3.05) is 19.6 Å². The Kier molecular flexibility index (Phi) is 8.91. The van der Waals surface area contributed by atoms with E-state index in [1.165, 1.54) is 6.08 Å². The average molecular weight is 385 g/mol. The number of likely N-dealkylation sites (N-methyl/N-ethyl adjacent to an activating group) is 1. The maximum atomic E-state index is 11.2. The number of imidazole rings is 1. The summed E-state index contributed by atoms with van der Waals surface area (Å²) >= 11 is 0. The van der Waals surface area contributed by atoms with Crippen molar-refractivity contribution in [1.29, 1.82) is 0 Å². The van der Waals surface area contributed by atoms with Crippen LogP contribution in [0.4, 0.5) is 0 Å². The van der Waals surface area contributed by atoms with Crippen LogP contribution >= 0.6 is 0 Å². The first-order valence-electron chi connectivity index (χ1n) is 10.1. The van der Waals surface area contributed by atoms with Gasteiger partial charge < -0.3 is 9.47 Å². The Morgan fingerprint density at radius 2 is 2.04 bits per heavy atom. The van der Waals surface area contributed by atoms with Gasteiger partial charge in [-0.05, 0) is 49.7 Å². The fourth-order valence-electron chi connectivity index (χ4n) is 3.23. The second-order valence-electron chi connectivity index (χ2n) is 6.68. The summed E-state index contributed by atoms with van der Waals surface area (Å²) in [4.78, 5) is 18.5. The molecule has 28 heavy (non-hydrogen) atoms. The average Bonchev–Trinajstić information content (AvgIpc) is 3.06. The van der Waals surface area contributed by atoms with Crippen molar-refractivity contribution in [1.82, 2.24) is 19.9 Å². The molecule has 0 fully saturated rings. The largest absolute Gasteiger partial charge is 0.327 e. The Hall–Kier alpha value is -2.44. The van der Waals surface area contributed by atoms with E-state index in [9.17, 15) is 4.79 Å². The van der Waals surface area contributed by atoms with E-state index in [1.807, 2.05) is 12.1 Å². The van der Waals surface area contributed by atoms with Gasteiger partial charge in [-0.2, -0.15) is 0 Å². The summed E-state index contributed by atoms with van der Waals surface area (Å²) < 4.78 is 2.32. The van der Waals surface area contributed by atoms with Gasteiger partial charge in [0, 0.05) is 25.6 Å². The second-order valence-corrected chi connectivity index (χ2v) is 6.68. The third-order valence-electron chi connectivity index (χ3n) is 4.86. The molecule has 1 aromatic heterocycles. The molecule has 0 unspecified atom stereocenters. The van der Waals surface area contributed by atoms with Gasteiger partial charge in [0.2, 0.25) is 0 Å². The highest BCUT2D eigenvalue weighted by Crippen LogP contribution is 2.20. The zero-order valence-corrected chi connectivity index (χ0v) is 17.2. The first-order valence-corrected chi connectivity index (χ1v) is 10.1. The summed E-state index contributed by atoms with van der Waals surface area (Å²) in [6, 6.07) is 6.02. The van der Waals surface area contributed by atoms with Crippen LogP contribution in [-0.2, 0) is 17.8 Å². The SMILES string of the molecule is CCC=CCCc1nc2cc(/C=C/C(=O)NO)ccc2n1CCN(CC)CC. The smallest absolute Gasteiger partial charge is 0.267 e. The minimum atomic E-state index is -0.548. The molecule has 6 nitrogen and oxygen atoms in total. The minimum Gasteiger partial charge on any atom is -0.327 e.